The molecule has 33 heavy (non-hydrogen) atoms. The number of likely N-dealkylation sites (N-methyl/N-ethyl adjacent to an activating group) is 1. The van der Waals surface area contributed by atoms with Gasteiger partial charge in [-0.05, 0) is 62.9 Å². The van der Waals surface area contributed by atoms with E-state index in [1.165, 1.54) is 5.56 Å². The number of hydrogen-bond acceptors (Lipinski definition) is 6. The summed E-state index contributed by atoms with van der Waals surface area (Å²) in [4.78, 5) is 27.1. The van der Waals surface area contributed by atoms with Crippen LogP contribution in [0, 0.1) is 0 Å². The summed E-state index contributed by atoms with van der Waals surface area (Å²) in [6.07, 6.45) is 6.07. The van der Waals surface area contributed by atoms with Gasteiger partial charge in [0.05, 0.1) is 17.9 Å². The van der Waals surface area contributed by atoms with E-state index in [4.69, 9.17) is 14.7 Å². The van der Waals surface area contributed by atoms with Crippen molar-refractivity contribution in [3.05, 3.63) is 35.5 Å². The van der Waals surface area contributed by atoms with Crippen LogP contribution in [-0.2, 0) is 17.7 Å². The third-order valence-corrected chi connectivity index (χ3v) is 7.23. The summed E-state index contributed by atoms with van der Waals surface area (Å²) in [5, 5.41) is 5.87. The van der Waals surface area contributed by atoms with Gasteiger partial charge in [-0.2, -0.15) is 0 Å². The maximum Gasteiger partial charge on any atom is 0.319 e. The third kappa shape index (κ3) is 4.42. The van der Waals surface area contributed by atoms with Gasteiger partial charge in [0.25, 0.3) is 0 Å². The summed E-state index contributed by atoms with van der Waals surface area (Å²) in [5.41, 5.74) is 4.20. The smallest absolute Gasteiger partial charge is 0.319 e. The van der Waals surface area contributed by atoms with E-state index in [2.05, 4.69) is 27.4 Å². The molecule has 2 saturated heterocycles. The van der Waals surface area contributed by atoms with Gasteiger partial charge in [-0.25, -0.2) is 14.8 Å². The zero-order valence-electron chi connectivity index (χ0n) is 19.2. The first-order chi connectivity index (χ1) is 16.1. The molecule has 2 bridgehead atoms. The van der Waals surface area contributed by atoms with Crippen molar-refractivity contribution in [3.8, 4) is 11.4 Å². The molecule has 3 aliphatic heterocycles. The molecular formula is C25H32N6O2. The van der Waals surface area contributed by atoms with E-state index >= 15 is 0 Å². The van der Waals surface area contributed by atoms with Crippen LogP contribution in [0.1, 0.15) is 43.9 Å². The summed E-state index contributed by atoms with van der Waals surface area (Å²) in [6.45, 7) is 6.98. The average molecular weight is 449 g/mol. The Bertz CT molecular complexity index is 1030. The van der Waals surface area contributed by atoms with Gasteiger partial charge in [0, 0.05) is 49.0 Å². The maximum atomic E-state index is 12.0. The minimum absolute atomic E-state index is 0.140. The summed E-state index contributed by atoms with van der Waals surface area (Å²) in [6, 6.07) is 8.06. The quantitative estimate of drug-likeness (QED) is 0.731. The number of nitrogens with zero attached hydrogens (tertiary/aromatic N) is 4. The highest BCUT2D eigenvalue weighted by atomic mass is 16.5. The number of anilines is 2. The number of ether oxygens (including phenoxy) is 1. The van der Waals surface area contributed by atoms with E-state index < -0.39 is 0 Å². The number of rotatable bonds is 5. The Labute approximate surface area is 194 Å². The van der Waals surface area contributed by atoms with Crippen molar-refractivity contribution in [1.82, 2.24) is 20.2 Å². The predicted octanol–water partition coefficient (Wildman–Crippen LogP) is 3.17. The summed E-state index contributed by atoms with van der Waals surface area (Å²) in [5.74, 6) is 1.85. The molecule has 3 fully saturated rings. The number of carbonyl (C=O) groups is 1. The van der Waals surface area contributed by atoms with Crippen molar-refractivity contribution < 1.29 is 9.53 Å². The number of carbonyl (C=O) groups excluding carboxylic acids is 1. The SMILES string of the molecule is CCN1CCc2c(nc(-c3ccc(NC(=O)NC4CC4)cc3)nc2N2CC3CCC(C2)O3)C1. The number of fused-ring (bicyclic) bond motifs is 3. The number of urea groups is 1. The fourth-order valence-corrected chi connectivity index (χ4v) is 5.20. The number of nitrogens with one attached hydrogen (secondary N) is 2. The second kappa shape index (κ2) is 8.57. The number of amides is 2. The molecule has 2 amide bonds. The lowest BCUT2D eigenvalue weighted by Crippen LogP contribution is -2.44. The highest BCUT2D eigenvalue weighted by molar-refractivity contribution is 5.89. The molecule has 1 aromatic carbocycles. The van der Waals surface area contributed by atoms with Crippen LogP contribution >= 0.6 is 0 Å². The zero-order chi connectivity index (χ0) is 22.4. The monoisotopic (exact) mass is 448 g/mol. The van der Waals surface area contributed by atoms with Gasteiger partial charge in [0.15, 0.2) is 5.82 Å². The average Bonchev–Trinajstić information content (AvgIpc) is 3.59. The van der Waals surface area contributed by atoms with Crippen LogP contribution in [0.2, 0.25) is 0 Å². The van der Waals surface area contributed by atoms with E-state index in [0.717, 1.165) is 93.4 Å². The van der Waals surface area contributed by atoms with Crippen molar-refractivity contribution in [3.63, 3.8) is 0 Å². The lowest BCUT2D eigenvalue weighted by atomic mass is 10.0. The van der Waals surface area contributed by atoms with Crippen LogP contribution in [0.25, 0.3) is 11.4 Å². The van der Waals surface area contributed by atoms with Gasteiger partial charge in [0.1, 0.15) is 5.82 Å². The summed E-state index contributed by atoms with van der Waals surface area (Å²) in [7, 11) is 0. The third-order valence-electron chi connectivity index (χ3n) is 7.23. The number of benzene rings is 1. The summed E-state index contributed by atoms with van der Waals surface area (Å²) < 4.78 is 6.08. The molecule has 1 aromatic heterocycles. The highest BCUT2D eigenvalue weighted by Gasteiger charge is 2.36. The first-order valence-corrected chi connectivity index (χ1v) is 12.3. The molecule has 2 unspecified atom stereocenters. The fraction of sp³-hybridized carbons (Fsp3) is 0.560. The van der Waals surface area contributed by atoms with Crippen molar-refractivity contribution >= 4 is 17.5 Å². The van der Waals surface area contributed by atoms with E-state index in [1.807, 2.05) is 24.3 Å². The van der Waals surface area contributed by atoms with Gasteiger partial charge in [-0.3, -0.25) is 4.90 Å². The molecule has 8 nitrogen and oxygen atoms in total. The fourth-order valence-electron chi connectivity index (χ4n) is 5.20. The second-order valence-corrected chi connectivity index (χ2v) is 9.73. The van der Waals surface area contributed by atoms with Gasteiger partial charge in [0.2, 0.25) is 0 Å². The molecule has 1 aliphatic carbocycles. The van der Waals surface area contributed by atoms with Crippen LogP contribution in [0.15, 0.2) is 24.3 Å². The molecule has 2 aromatic rings. The molecule has 4 heterocycles. The Morgan fingerprint density at radius 3 is 2.55 bits per heavy atom. The van der Waals surface area contributed by atoms with Crippen LogP contribution in [0.4, 0.5) is 16.3 Å². The zero-order valence-corrected chi connectivity index (χ0v) is 19.2. The van der Waals surface area contributed by atoms with E-state index in [9.17, 15) is 4.79 Å². The van der Waals surface area contributed by atoms with Crippen LogP contribution < -0.4 is 15.5 Å². The van der Waals surface area contributed by atoms with Gasteiger partial charge in [-0.1, -0.05) is 6.92 Å². The molecule has 2 atom stereocenters. The Kier molecular flexibility index (Phi) is 5.42. The van der Waals surface area contributed by atoms with Crippen molar-refractivity contribution in [2.75, 3.05) is 36.4 Å². The second-order valence-electron chi connectivity index (χ2n) is 9.73. The number of morpholine rings is 1. The standard InChI is InChI=1S/C25H32N6O2/c1-2-30-12-11-21-22(15-30)28-23(29-24(21)31-13-19-9-10-20(14-31)33-19)16-3-5-17(6-4-16)26-25(32)27-18-7-8-18/h3-6,18-20H,2,7-15H2,1H3,(H2,26,27,32). The van der Waals surface area contributed by atoms with Crippen LogP contribution in [0.3, 0.4) is 0 Å². The van der Waals surface area contributed by atoms with Crippen molar-refractivity contribution in [1.29, 1.82) is 0 Å². The first kappa shape index (κ1) is 20.9. The van der Waals surface area contributed by atoms with Gasteiger partial charge in [-0.15, -0.1) is 0 Å². The Morgan fingerprint density at radius 2 is 1.85 bits per heavy atom. The number of hydrogen-bond donors (Lipinski definition) is 2. The Balaban J connectivity index is 1.29. The topological polar surface area (TPSA) is 82.6 Å². The lowest BCUT2D eigenvalue weighted by molar-refractivity contribution is 0.0301. The molecule has 4 aliphatic rings. The van der Waals surface area contributed by atoms with Crippen molar-refractivity contribution in [2.45, 2.75) is 63.8 Å². The highest BCUT2D eigenvalue weighted by Crippen LogP contribution is 2.34. The van der Waals surface area contributed by atoms with Crippen molar-refractivity contribution in [2.24, 2.45) is 0 Å². The van der Waals surface area contributed by atoms with Crippen LogP contribution in [0.5, 0.6) is 0 Å². The van der Waals surface area contributed by atoms with Crippen LogP contribution in [-0.4, -0.2) is 65.3 Å². The molecule has 6 rings (SSSR count). The molecular weight excluding hydrogens is 416 g/mol. The maximum absolute atomic E-state index is 12.0. The molecule has 8 heteroatoms. The molecule has 2 N–H and O–H groups in total. The lowest BCUT2D eigenvalue weighted by Gasteiger charge is -2.36. The normalized spacial score (nSPS) is 24.5. The number of aromatic nitrogens is 2. The Morgan fingerprint density at radius 1 is 1.09 bits per heavy atom. The van der Waals surface area contributed by atoms with E-state index in [0.29, 0.717) is 18.2 Å². The van der Waals surface area contributed by atoms with Gasteiger partial charge < -0.3 is 20.3 Å². The predicted molar refractivity (Wildman–Crippen MR) is 127 cm³/mol. The Hall–Kier alpha value is -2.71. The molecule has 174 valence electrons. The minimum atomic E-state index is -0.140. The molecule has 0 radical (unpaired) electrons. The minimum Gasteiger partial charge on any atom is -0.371 e. The van der Waals surface area contributed by atoms with Gasteiger partial charge >= 0.3 is 6.03 Å². The van der Waals surface area contributed by atoms with E-state index in [-0.39, 0.29) is 6.03 Å². The summed E-state index contributed by atoms with van der Waals surface area (Å²) >= 11 is 0. The molecule has 1 saturated carbocycles. The largest absolute Gasteiger partial charge is 0.371 e. The van der Waals surface area contributed by atoms with E-state index in [1.54, 1.807) is 0 Å². The molecule has 0 spiro atoms. The first-order valence-electron chi connectivity index (χ1n) is 12.3.